The van der Waals surface area contributed by atoms with Gasteiger partial charge in [0, 0.05) is 23.8 Å². The lowest BCUT2D eigenvalue weighted by Crippen LogP contribution is -1.99. The van der Waals surface area contributed by atoms with E-state index in [4.69, 9.17) is 45.3 Å². The molecule has 3 nitrogen and oxygen atoms in total. The van der Waals surface area contributed by atoms with Gasteiger partial charge in [-0.15, -0.1) is 0 Å². The summed E-state index contributed by atoms with van der Waals surface area (Å²) in [5.74, 6) is 0.650. The second-order valence-electron chi connectivity index (χ2n) is 3.47. The number of aromatic nitrogens is 1. The van der Waals surface area contributed by atoms with E-state index in [1.165, 1.54) is 0 Å². The van der Waals surface area contributed by atoms with Crippen molar-refractivity contribution in [2.45, 2.75) is 6.54 Å². The largest absolute Gasteiger partial charge is 0.436 e. The van der Waals surface area contributed by atoms with Crippen LogP contribution in [-0.4, -0.2) is 4.98 Å². The molecule has 0 saturated heterocycles. The molecule has 0 unspecified atom stereocenters. The van der Waals surface area contributed by atoms with Crippen molar-refractivity contribution in [3.63, 3.8) is 0 Å². The molecule has 0 spiro atoms. The number of nitrogens with zero attached hydrogens (tertiary/aromatic N) is 1. The van der Waals surface area contributed by atoms with Crippen LogP contribution in [0.3, 0.4) is 0 Å². The van der Waals surface area contributed by atoms with Gasteiger partial charge in [0.2, 0.25) is 5.88 Å². The molecule has 2 rings (SSSR count). The van der Waals surface area contributed by atoms with Crippen LogP contribution in [0.1, 0.15) is 5.56 Å². The minimum absolute atomic E-state index is 0.254. The molecular formula is C12H9Cl3N2O. The van der Waals surface area contributed by atoms with E-state index >= 15 is 0 Å². The smallest absolute Gasteiger partial charge is 0.238 e. The summed E-state index contributed by atoms with van der Waals surface area (Å²) in [6.07, 6.45) is 1.57. The van der Waals surface area contributed by atoms with Gasteiger partial charge in [0.1, 0.15) is 10.8 Å². The number of rotatable bonds is 3. The van der Waals surface area contributed by atoms with Gasteiger partial charge in [-0.3, -0.25) is 0 Å². The van der Waals surface area contributed by atoms with Gasteiger partial charge in [0.25, 0.3) is 0 Å². The number of nitrogens with two attached hydrogens (primary N) is 1. The highest BCUT2D eigenvalue weighted by Crippen LogP contribution is 2.34. The molecule has 2 aromatic rings. The monoisotopic (exact) mass is 302 g/mol. The molecule has 1 heterocycles. The van der Waals surface area contributed by atoms with Crippen molar-refractivity contribution in [3.8, 4) is 11.6 Å². The Bertz CT molecular complexity index is 575. The Kier molecular flexibility index (Phi) is 4.30. The summed E-state index contributed by atoms with van der Waals surface area (Å²) >= 11 is 18.0. The Labute approximate surface area is 119 Å². The summed E-state index contributed by atoms with van der Waals surface area (Å²) < 4.78 is 5.55. The molecule has 0 bridgehead atoms. The lowest BCUT2D eigenvalue weighted by atomic mass is 10.2. The number of halogens is 3. The van der Waals surface area contributed by atoms with Gasteiger partial charge < -0.3 is 10.5 Å². The molecule has 0 amide bonds. The first-order valence-electron chi connectivity index (χ1n) is 5.08. The van der Waals surface area contributed by atoms with Crippen LogP contribution in [0.4, 0.5) is 0 Å². The van der Waals surface area contributed by atoms with Crippen molar-refractivity contribution in [2.75, 3.05) is 0 Å². The zero-order chi connectivity index (χ0) is 13.1. The van der Waals surface area contributed by atoms with Crippen LogP contribution < -0.4 is 10.5 Å². The first-order valence-corrected chi connectivity index (χ1v) is 6.21. The van der Waals surface area contributed by atoms with E-state index in [1.807, 2.05) is 0 Å². The minimum atomic E-state index is 0.254. The van der Waals surface area contributed by atoms with E-state index in [0.29, 0.717) is 27.4 Å². The summed E-state index contributed by atoms with van der Waals surface area (Å²) in [5, 5.41) is 1.31. The Morgan fingerprint density at radius 2 is 1.94 bits per heavy atom. The van der Waals surface area contributed by atoms with Crippen LogP contribution in [0.15, 0.2) is 30.5 Å². The predicted octanol–water partition coefficient (Wildman–Crippen LogP) is 4.29. The van der Waals surface area contributed by atoms with Crippen molar-refractivity contribution in [1.82, 2.24) is 4.98 Å². The SMILES string of the molecule is NCc1ccnc(Oc2cc(Cl)ccc2Cl)c1Cl. The second kappa shape index (κ2) is 5.76. The van der Waals surface area contributed by atoms with E-state index < -0.39 is 0 Å². The fourth-order valence-electron chi connectivity index (χ4n) is 1.35. The van der Waals surface area contributed by atoms with Crippen molar-refractivity contribution in [1.29, 1.82) is 0 Å². The molecule has 6 heteroatoms. The molecule has 2 N–H and O–H groups in total. The molecule has 18 heavy (non-hydrogen) atoms. The summed E-state index contributed by atoms with van der Waals surface area (Å²) in [7, 11) is 0. The molecule has 94 valence electrons. The molecule has 1 aromatic carbocycles. The van der Waals surface area contributed by atoms with E-state index in [2.05, 4.69) is 4.98 Å². The van der Waals surface area contributed by atoms with Gasteiger partial charge >= 0.3 is 0 Å². The maximum Gasteiger partial charge on any atom is 0.238 e. The number of hydrogen-bond acceptors (Lipinski definition) is 3. The molecule has 0 radical (unpaired) electrons. The quantitative estimate of drug-likeness (QED) is 0.920. The molecular weight excluding hydrogens is 295 g/mol. The zero-order valence-corrected chi connectivity index (χ0v) is 11.4. The van der Waals surface area contributed by atoms with Gasteiger partial charge in [0.05, 0.1) is 5.02 Å². The standard InChI is InChI=1S/C12H9Cl3N2O/c13-8-1-2-9(14)10(5-8)18-12-11(15)7(6-16)3-4-17-12/h1-5H,6,16H2. The van der Waals surface area contributed by atoms with E-state index in [-0.39, 0.29) is 5.88 Å². The fraction of sp³-hybridized carbons (Fsp3) is 0.0833. The van der Waals surface area contributed by atoms with E-state index in [9.17, 15) is 0 Å². The van der Waals surface area contributed by atoms with Crippen molar-refractivity contribution < 1.29 is 4.74 Å². The highest BCUT2D eigenvalue weighted by atomic mass is 35.5. The highest BCUT2D eigenvalue weighted by molar-refractivity contribution is 6.34. The molecule has 0 aliphatic rings. The Morgan fingerprint density at radius 1 is 1.17 bits per heavy atom. The fourth-order valence-corrected chi connectivity index (χ4v) is 1.90. The van der Waals surface area contributed by atoms with Crippen LogP contribution in [0.2, 0.25) is 15.1 Å². The maximum atomic E-state index is 6.11. The van der Waals surface area contributed by atoms with Gasteiger partial charge in [-0.05, 0) is 23.8 Å². The maximum absolute atomic E-state index is 6.11. The summed E-state index contributed by atoms with van der Waals surface area (Å²) in [5.41, 5.74) is 6.30. The lowest BCUT2D eigenvalue weighted by Gasteiger charge is -2.10. The van der Waals surface area contributed by atoms with Crippen LogP contribution in [0, 0.1) is 0 Å². The third-order valence-corrected chi connectivity index (χ3v) is 3.21. The average molecular weight is 304 g/mol. The molecule has 1 aromatic heterocycles. The van der Waals surface area contributed by atoms with Crippen LogP contribution >= 0.6 is 34.8 Å². The lowest BCUT2D eigenvalue weighted by molar-refractivity contribution is 0.462. The number of benzene rings is 1. The topological polar surface area (TPSA) is 48.1 Å². The van der Waals surface area contributed by atoms with Crippen molar-refractivity contribution in [3.05, 3.63) is 51.1 Å². The van der Waals surface area contributed by atoms with Crippen LogP contribution in [-0.2, 0) is 6.54 Å². The van der Waals surface area contributed by atoms with Crippen LogP contribution in [0.25, 0.3) is 0 Å². The molecule has 0 aliphatic heterocycles. The Hall–Kier alpha value is -1.000. The average Bonchev–Trinajstić information content (AvgIpc) is 2.36. The second-order valence-corrected chi connectivity index (χ2v) is 4.69. The number of ether oxygens (including phenoxy) is 1. The third-order valence-electron chi connectivity index (χ3n) is 2.26. The van der Waals surface area contributed by atoms with Crippen molar-refractivity contribution >= 4 is 34.8 Å². The molecule has 0 aliphatic carbocycles. The highest BCUT2D eigenvalue weighted by Gasteiger charge is 2.11. The minimum Gasteiger partial charge on any atom is -0.436 e. The van der Waals surface area contributed by atoms with Gasteiger partial charge in [-0.1, -0.05) is 34.8 Å². The molecule has 0 saturated carbocycles. The van der Waals surface area contributed by atoms with Gasteiger partial charge in [0.15, 0.2) is 0 Å². The first kappa shape index (κ1) is 13.4. The number of pyridine rings is 1. The van der Waals surface area contributed by atoms with E-state index in [1.54, 1.807) is 30.5 Å². The number of hydrogen-bond donors (Lipinski definition) is 1. The molecule has 0 atom stereocenters. The van der Waals surface area contributed by atoms with Crippen LogP contribution in [0.5, 0.6) is 11.6 Å². The van der Waals surface area contributed by atoms with Gasteiger partial charge in [-0.2, -0.15) is 0 Å². The third kappa shape index (κ3) is 2.87. The summed E-state index contributed by atoms with van der Waals surface area (Å²) in [6.45, 7) is 0.307. The van der Waals surface area contributed by atoms with Crippen molar-refractivity contribution in [2.24, 2.45) is 5.73 Å². The summed E-state index contributed by atoms with van der Waals surface area (Å²) in [6, 6.07) is 6.63. The van der Waals surface area contributed by atoms with E-state index in [0.717, 1.165) is 5.56 Å². The molecule has 0 fully saturated rings. The Balaban J connectivity index is 2.37. The predicted molar refractivity (Wildman–Crippen MR) is 73.7 cm³/mol. The normalized spacial score (nSPS) is 10.4. The zero-order valence-electron chi connectivity index (χ0n) is 9.16. The van der Waals surface area contributed by atoms with Gasteiger partial charge in [-0.25, -0.2) is 4.98 Å². The first-order chi connectivity index (χ1) is 8.61. The Morgan fingerprint density at radius 3 is 2.67 bits per heavy atom. The summed E-state index contributed by atoms with van der Waals surface area (Å²) in [4.78, 5) is 4.04.